The normalized spacial score (nSPS) is 14.0. The van der Waals surface area contributed by atoms with Crippen LogP contribution in [0.2, 0.25) is 0 Å². The number of phosphoric ester groups is 1. The first-order valence-electron chi connectivity index (χ1n) is 37.2. The number of likely N-dealkylation sites (N-methyl/N-ethyl adjacent to an activating group) is 1. The maximum absolute atomic E-state index is 12.9. The summed E-state index contributed by atoms with van der Waals surface area (Å²) >= 11 is 0. The van der Waals surface area contributed by atoms with Crippen LogP contribution in [0, 0.1) is 0 Å². The standard InChI is InChI=1S/C82H138NO8P/c1-6-8-10-12-14-16-18-20-22-24-26-28-30-32-34-36-38-40-41-43-45-47-49-51-53-55-57-59-61-63-65-67-69-71-73-75-82(85)91-80(79-90-92(86,87)89-77-76-83(3,4)5)78-88-81(84)74-72-70-68-66-64-62-60-58-56-54-52-50-48-46-44-42-39-37-35-33-31-29-27-25-23-21-19-17-15-13-11-9-7-2/h8-11,14-17,20-23,26-29,32,34,38,40,43,45,49,51,55,57,80H,6-7,12-13,18-19,24-25,30-31,33,35-37,39,41-42,44,46-48,50,52-54,56,58-79H2,1-5H3/p+1/b10-8-,11-9-,16-14-,17-15-,22-20-,23-21-,28-26-,29-27-,34-32-,40-38-,45-43-,51-49-,57-55-. The summed E-state index contributed by atoms with van der Waals surface area (Å²) in [5, 5.41) is 0. The van der Waals surface area contributed by atoms with Crippen LogP contribution >= 0.6 is 7.82 Å². The van der Waals surface area contributed by atoms with E-state index in [-0.39, 0.29) is 32.0 Å². The van der Waals surface area contributed by atoms with Crippen molar-refractivity contribution in [2.75, 3.05) is 47.5 Å². The number of carbonyl (C=O) groups excluding carboxylic acids is 2. The quantitative estimate of drug-likeness (QED) is 0.0211. The molecule has 0 amide bonds. The first kappa shape index (κ1) is 87.6. The highest BCUT2D eigenvalue weighted by Crippen LogP contribution is 2.43. The van der Waals surface area contributed by atoms with Crippen molar-refractivity contribution in [2.24, 2.45) is 0 Å². The molecule has 0 aliphatic heterocycles. The topological polar surface area (TPSA) is 108 Å². The summed E-state index contributed by atoms with van der Waals surface area (Å²) in [7, 11) is 1.46. The highest BCUT2D eigenvalue weighted by molar-refractivity contribution is 7.47. The summed E-state index contributed by atoms with van der Waals surface area (Å²) in [6.07, 6.45) is 106. The van der Waals surface area contributed by atoms with Crippen LogP contribution in [-0.4, -0.2) is 74.9 Å². The van der Waals surface area contributed by atoms with Crippen molar-refractivity contribution >= 4 is 19.8 Å². The summed E-state index contributed by atoms with van der Waals surface area (Å²) in [6, 6.07) is 0. The molecule has 9 nitrogen and oxygen atoms in total. The number of quaternary nitrogens is 1. The van der Waals surface area contributed by atoms with E-state index in [1.165, 1.54) is 135 Å². The second-order valence-corrected chi connectivity index (χ2v) is 27.0. The minimum Gasteiger partial charge on any atom is -0.462 e. The number of allylic oxidation sites excluding steroid dienone is 26. The molecular formula is C82H139NO8P+. The van der Waals surface area contributed by atoms with E-state index in [1.54, 1.807) is 0 Å². The van der Waals surface area contributed by atoms with Crippen molar-refractivity contribution in [3.05, 3.63) is 158 Å². The van der Waals surface area contributed by atoms with Gasteiger partial charge in [-0.2, -0.15) is 0 Å². The number of carbonyl (C=O) groups is 2. The molecule has 0 bridgehead atoms. The Balaban J connectivity index is 4.08. The van der Waals surface area contributed by atoms with E-state index >= 15 is 0 Å². The van der Waals surface area contributed by atoms with Crippen molar-refractivity contribution in [3.63, 3.8) is 0 Å². The third-order valence-corrected chi connectivity index (χ3v) is 16.5. The van der Waals surface area contributed by atoms with E-state index in [4.69, 9.17) is 18.5 Å². The summed E-state index contributed by atoms with van der Waals surface area (Å²) in [4.78, 5) is 35.9. The Labute approximate surface area is 566 Å². The fourth-order valence-corrected chi connectivity index (χ4v) is 10.7. The maximum atomic E-state index is 12.9. The van der Waals surface area contributed by atoms with Crippen molar-refractivity contribution in [1.82, 2.24) is 0 Å². The lowest BCUT2D eigenvalue weighted by Gasteiger charge is -2.24. The van der Waals surface area contributed by atoms with E-state index in [9.17, 15) is 19.0 Å². The van der Waals surface area contributed by atoms with Crippen molar-refractivity contribution in [3.8, 4) is 0 Å². The minimum atomic E-state index is -4.41. The molecule has 2 unspecified atom stereocenters. The molecule has 10 heteroatoms. The Morgan fingerprint density at radius 2 is 0.587 bits per heavy atom. The van der Waals surface area contributed by atoms with Gasteiger partial charge in [-0.15, -0.1) is 0 Å². The van der Waals surface area contributed by atoms with Crippen LogP contribution in [0.5, 0.6) is 0 Å². The molecule has 1 N–H and O–H groups in total. The molecule has 0 aliphatic carbocycles. The number of rotatable bonds is 67. The van der Waals surface area contributed by atoms with Crippen LogP contribution in [0.25, 0.3) is 0 Å². The van der Waals surface area contributed by atoms with Crippen LogP contribution < -0.4 is 0 Å². The fraction of sp³-hybridized carbons (Fsp3) is 0.659. The number of hydrogen-bond acceptors (Lipinski definition) is 7. The van der Waals surface area contributed by atoms with Crippen LogP contribution in [0.15, 0.2) is 158 Å². The average molecular weight is 1300 g/mol. The molecule has 92 heavy (non-hydrogen) atoms. The van der Waals surface area contributed by atoms with Crippen molar-refractivity contribution in [2.45, 2.75) is 302 Å². The largest absolute Gasteiger partial charge is 0.472 e. The van der Waals surface area contributed by atoms with Gasteiger partial charge in [0.2, 0.25) is 0 Å². The molecule has 0 aliphatic rings. The van der Waals surface area contributed by atoms with Gasteiger partial charge in [0.05, 0.1) is 27.7 Å². The Morgan fingerprint density at radius 1 is 0.337 bits per heavy atom. The summed E-state index contributed by atoms with van der Waals surface area (Å²) in [5.41, 5.74) is 0. The number of unbranched alkanes of at least 4 members (excludes halogenated alkanes) is 27. The Kier molecular flexibility index (Phi) is 67.6. The lowest BCUT2D eigenvalue weighted by atomic mass is 10.0. The van der Waals surface area contributed by atoms with E-state index < -0.39 is 26.5 Å². The third-order valence-electron chi connectivity index (χ3n) is 15.6. The van der Waals surface area contributed by atoms with E-state index in [1.807, 2.05) is 21.1 Å². The summed E-state index contributed by atoms with van der Waals surface area (Å²) < 4.78 is 34.8. The third kappa shape index (κ3) is 74.7. The Bertz CT molecular complexity index is 2110. The van der Waals surface area contributed by atoms with Gasteiger partial charge >= 0.3 is 19.8 Å². The molecule has 0 heterocycles. The van der Waals surface area contributed by atoms with Gasteiger partial charge in [0.15, 0.2) is 6.10 Å². The molecule has 0 saturated heterocycles. The van der Waals surface area contributed by atoms with E-state index in [0.717, 1.165) is 128 Å². The molecule has 2 atom stereocenters. The Hall–Kier alpha value is -4.37. The van der Waals surface area contributed by atoms with Gasteiger partial charge in [-0.05, 0) is 122 Å². The second kappa shape index (κ2) is 70.9. The van der Waals surface area contributed by atoms with Gasteiger partial charge in [0.1, 0.15) is 19.8 Å². The van der Waals surface area contributed by atoms with Gasteiger partial charge in [0.25, 0.3) is 0 Å². The zero-order chi connectivity index (χ0) is 66.9. The highest BCUT2D eigenvalue weighted by Gasteiger charge is 2.27. The molecule has 0 spiro atoms. The smallest absolute Gasteiger partial charge is 0.462 e. The summed E-state index contributed by atoms with van der Waals surface area (Å²) in [6.45, 7) is 4.20. The molecule has 0 saturated carbocycles. The molecule has 524 valence electrons. The van der Waals surface area contributed by atoms with Crippen molar-refractivity contribution in [1.29, 1.82) is 0 Å². The number of phosphoric acid groups is 1. The summed E-state index contributed by atoms with van der Waals surface area (Å²) in [5.74, 6) is -0.810. The van der Waals surface area contributed by atoms with Gasteiger partial charge in [-0.1, -0.05) is 320 Å². The van der Waals surface area contributed by atoms with Gasteiger partial charge < -0.3 is 18.9 Å². The predicted molar refractivity (Wildman–Crippen MR) is 399 cm³/mol. The van der Waals surface area contributed by atoms with Crippen LogP contribution in [-0.2, 0) is 32.7 Å². The molecule has 0 radical (unpaired) electrons. The molecular weight excluding hydrogens is 1160 g/mol. The lowest BCUT2D eigenvalue weighted by molar-refractivity contribution is -0.870. The lowest BCUT2D eigenvalue weighted by Crippen LogP contribution is -2.37. The first-order chi connectivity index (χ1) is 45.0. The maximum Gasteiger partial charge on any atom is 0.472 e. The fourth-order valence-electron chi connectivity index (χ4n) is 9.94. The first-order valence-corrected chi connectivity index (χ1v) is 38.7. The number of ether oxygens (including phenoxy) is 2. The van der Waals surface area contributed by atoms with E-state index in [2.05, 4.69) is 172 Å². The van der Waals surface area contributed by atoms with Gasteiger partial charge in [0, 0.05) is 12.8 Å². The number of nitrogens with zero attached hydrogens (tertiary/aromatic N) is 1. The molecule has 0 aromatic carbocycles. The zero-order valence-electron chi connectivity index (χ0n) is 59.7. The minimum absolute atomic E-state index is 0.0229. The molecule has 0 aromatic heterocycles. The number of esters is 2. The molecule has 0 fully saturated rings. The van der Waals surface area contributed by atoms with Gasteiger partial charge in [-0.3, -0.25) is 18.6 Å². The predicted octanol–water partition coefficient (Wildman–Crippen LogP) is 24.7. The van der Waals surface area contributed by atoms with Gasteiger partial charge in [-0.25, -0.2) is 4.57 Å². The molecule has 0 aromatic rings. The Morgan fingerprint density at radius 3 is 0.870 bits per heavy atom. The van der Waals surface area contributed by atoms with Crippen LogP contribution in [0.3, 0.4) is 0 Å². The van der Waals surface area contributed by atoms with E-state index in [0.29, 0.717) is 17.4 Å². The number of hydrogen-bond donors (Lipinski definition) is 1. The monoisotopic (exact) mass is 1300 g/mol. The SMILES string of the molecule is CC/C=C\C/C=C\C/C=C\C/C=C\C/C=C\C/C=C\C/C=C\C/C=C\C/C=C\CCCCCCCCCC(=O)OC(COC(=O)CCCCCCCCCCCCCCCCCCCCCC/C=C\C/C=C\C/C=C\C/C=C\CC)COP(=O)(O)OCC[N+](C)(C)C. The highest BCUT2D eigenvalue weighted by atomic mass is 31.2. The zero-order valence-corrected chi connectivity index (χ0v) is 60.6. The average Bonchev–Trinajstić information content (AvgIpc) is 2.14. The second-order valence-electron chi connectivity index (χ2n) is 25.6. The van der Waals surface area contributed by atoms with Crippen LogP contribution in [0.1, 0.15) is 296 Å². The molecule has 0 rings (SSSR count). The van der Waals surface area contributed by atoms with Crippen LogP contribution in [0.4, 0.5) is 0 Å². The van der Waals surface area contributed by atoms with Crippen molar-refractivity contribution < 1.29 is 42.1 Å².